The Morgan fingerprint density at radius 1 is 0.926 bits per heavy atom. The molecule has 0 unspecified atom stereocenters. The summed E-state index contributed by atoms with van der Waals surface area (Å²) in [6.07, 6.45) is -3.83. The summed E-state index contributed by atoms with van der Waals surface area (Å²) in [6.45, 7) is 1.71. The zero-order chi connectivity index (χ0) is 21.3. The van der Waals surface area contributed by atoms with Crippen molar-refractivity contribution in [2.24, 2.45) is 0 Å². The highest BCUT2D eigenvalue weighted by molar-refractivity contribution is 5.73. The Kier molecular flexibility index (Phi) is 9.09. The second kappa shape index (κ2) is 10.0. The molecule has 0 radical (unpaired) electrons. The number of carboxylic acid groups (broad SMARTS) is 2. The first-order valence-corrected chi connectivity index (χ1v) is 6.99. The molecule has 2 heterocycles. The fourth-order valence-electron chi connectivity index (χ4n) is 1.67. The van der Waals surface area contributed by atoms with E-state index < -0.39 is 29.9 Å². The predicted molar refractivity (Wildman–Crippen MR) is 75.4 cm³/mol. The second-order valence-corrected chi connectivity index (χ2v) is 5.01. The third-order valence-electron chi connectivity index (χ3n) is 3.01. The number of rotatable bonds is 1. The minimum absolute atomic E-state index is 0.716. The highest BCUT2D eigenvalue weighted by Gasteiger charge is 2.38. The maximum atomic E-state index is 10.6. The van der Waals surface area contributed by atoms with Crippen molar-refractivity contribution in [2.45, 2.75) is 30.8 Å². The van der Waals surface area contributed by atoms with Gasteiger partial charge in [0.1, 0.15) is 6.33 Å². The summed E-state index contributed by atoms with van der Waals surface area (Å²) in [5.41, 5.74) is 0.114. The molecule has 0 saturated carbocycles. The van der Waals surface area contributed by atoms with Gasteiger partial charge in [0.25, 0.3) is 0 Å². The van der Waals surface area contributed by atoms with Crippen molar-refractivity contribution in [1.82, 2.24) is 15.3 Å². The Balaban J connectivity index is 0.000000416. The van der Waals surface area contributed by atoms with Crippen molar-refractivity contribution in [3.8, 4) is 0 Å². The lowest BCUT2D eigenvalue weighted by molar-refractivity contribution is -0.193. The van der Waals surface area contributed by atoms with Gasteiger partial charge in [-0.25, -0.2) is 19.6 Å². The molecule has 0 aliphatic carbocycles. The number of aliphatic hydroxyl groups is 1. The standard InChI is InChI=1S/C9H13N3O.2C2HF3O2/c13-9(1-3-10-4-2-9)8-5-11-7-12-6-8;2*3-2(4,5)1(6)7/h5-7,10,13H,1-4H2;2*(H,6,7). The summed E-state index contributed by atoms with van der Waals surface area (Å²) in [4.78, 5) is 25.6. The van der Waals surface area contributed by atoms with Crippen LogP contribution in [-0.4, -0.2) is 62.7 Å². The number of aliphatic carboxylic acids is 2. The Morgan fingerprint density at radius 3 is 1.56 bits per heavy atom. The molecule has 1 aromatic heterocycles. The van der Waals surface area contributed by atoms with Gasteiger partial charge in [0.05, 0.1) is 5.60 Å². The van der Waals surface area contributed by atoms with Crippen molar-refractivity contribution in [3.05, 3.63) is 24.3 Å². The van der Waals surface area contributed by atoms with Gasteiger partial charge in [-0.05, 0) is 25.9 Å². The van der Waals surface area contributed by atoms with Crippen molar-refractivity contribution < 1.29 is 51.3 Å². The molecule has 0 spiro atoms. The predicted octanol–water partition coefficient (Wildman–Crippen LogP) is 1.31. The minimum atomic E-state index is -5.08. The summed E-state index contributed by atoms with van der Waals surface area (Å²) in [6, 6.07) is 0. The third kappa shape index (κ3) is 9.69. The lowest BCUT2D eigenvalue weighted by atomic mass is 9.87. The van der Waals surface area contributed by atoms with Gasteiger partial charge in [0.15, 0.2) is 0 Å². The Bertz CT molecular complexity index is 579. The normalized spacial score (nSPS) is 16.1. The quantitative estimate of drug-likeness (QED) is 0.513. The molecule has 0 amide bonds. The van der Waals surface area contributed by atoms with Crippen LogP contribution in [0.25, 0.3) is 0 Å². The molecule has 8 nitrogen and oxygen atoms in total. The molecule has 0 aromatic carbocycles. The number of carboxylic acids is 2. The number of hydrogen-bond donors (Lipinski definition) is 4. The summed E-state index contributed by atoms with van der Waals surface area (Å²) in [5.74, 6) is -5.51. The van der Waals surface area contributed by atoms with E-state index in [4.69, 9.17) is 19.8 Å². The molecule has 14 heteroatoms. The Hall–Kier alpha value is -2.48. The van der Waals surface area contributed by atoms with Gasteiger partial charge < -0.3 is 20.6 Å². The maximum absolute atomic E-state index is 10.6. The van der Waals surface area contributed by atoms with Crippen LogP contribution in [0.4, 0.5) is 26.3 Å². The number of aromatic nitrogens is 2. The topological polar surface area (TPSA) is 133 Å². The van der Waals surface area contributed by atoms with E-state index >= 15 is 0 Å². The van der Waals surface area contributed by atoms with E-state index in [0.717, 1.165) is 31.5 Å². The first-order valence-electron chi connectivity index (χ1n) is 6.99. The Morgan fingerprint density at radius 2 is 1.26 bits per heavy atom. The average molecular weight is 407 g/mol. The van der Waals surface area contributed by atoms with E-state index in [1.165, 1.54) is 6.33 Å². The van der Waals surface area contributed by atoms with Crippen LogP contribution >= 0.6 is 0 Å². The van der Waals surface area contributed by atoms with Gasteiger partial charge in [0.2, 0.25) is 0 Å². The van der Waals surface area contributed by atoms with Gasteiger partial charge in [-0.1, -0.05) is 0 Å². The van der Waals surface area contributed by atoms with E-state index in [1.54, 1.807) is 12.4 Å². The van der Waals surface area contributed by atoms with Crippen molar-refractivity contribution in [2.75, 3.05) is 13.1 Å². The first-order chi connectivity index (χ1) is 12.2. The van der Waals surface area contributed by atoms with Crippen molar-refractivity contribution >= 4 is 11.9 Å². The third-order valence-corrected chi connectivity index (χ3v) is 3.01. The molecule has 0 bridgehead atoms. The van der Waals surface area contributed by atoms with Gasteiger partial charge in [0, 0.05) is 18.0 Å². The molecular weight excluding hydrogens is 392 g/mol. The fraction of sp³-hybridized carbons (Fsp3) is 0.538. The average Bonchev–Trinajstić information content (AvgIpc) is 2.56. The maximum Gasteiger partial charge on any atom is 0.490 e. The van der Waals surface area contributed by atoms with Gasteiger partial charge in [-0.2, -0.15) is 26.3 Å². The van der Waals surface area contributed by atoms with Crippen molar-refractivity contribution in [3.63, 3.8) is 0 Å². The number of carbonyl (C=O) groups is 2. The summed E-state index contributed by atoms with van der Waals surface area (Å²) < 4.78 is 63.5. The van der Waals surface area contributed by atoms with E-state index in [1.807, 2.05) is 0 Å². The first kappa shape index (κ1) is 24.5. The molecule has 1 fully saturated rings. The lowest BCUT2D eigenvalue weighted by Gasteiger charge is -2.32. The van der Waals surface area contributed by atoms with Crippen LogP contribution in [0.1, 0.15) is 18.4 Å². The number of hydrogen-bond acceptors (Lipinski definition) is 6. The largest absolute Gasteiger partial charge is 0.490 e. The summed E-state index contributed by atoms with van der Waals surface area (Å²) >= 11 is 0. The number of alkyl halides is 6. The fourth-order valence-corrected chi connectivity index (χ4v) is 1.67. The summed E-state index contributed by atoms with van der Waals surface area (Å²) in [7, 11) is 0. The number of halogens is 6. The van der Waals surface area contributed by atoms with Crippen LogP contribution in [0.3, 0.4) is 0 Å². The highest BCUT2D eigenvalue weighted by atomic mass is 19.4. The smallest absolute Gasteiger partial charge is 0.475 e. The molecule has 27 heavy (non-hydrogen) atoms. The molecule has 4 N–H and O–H groups in total. The van der Waals surface area contributed by atoms with Crippen LogP contribution < -0.4 is 5.32 Å². The molecule has 1 aliphatic heterocycles. The van der Waals surface area contributed by atoms with Gasteiger partial charge in [-0.15, -0.1) is 0 Å². The molecule has 1 aliphatic rings. The van der Waals surface area contributed by atoms with E-state index in [0.29, 0.717) is 0 Å². The molecule has 1 aromatic rings. The van der Waals surface area contributed by atoms with Crippen molar-refractivity contribution in [1.29, 1.82) is 0 Å². The molecular formula is C13H15F6N3O5. The number of piperidine rings is 1. The summed E-state index contributed by atoms with van der Waals surface area (Å²) in [5, 5.41) is 27.7. The van der Waals surface area contributed by atoms with Crippen LogP contribution in [0.2, 0.25) is 0 Å². The van der Waals surface area contributed by atoms with E-state index in [9.17, 15) is 31.4 Å². The van der Waals surface area contributed by atoms with Crippen LogP contribution in [0.15, 0.2) is 18.7 Å². The Labute approximate surface area is 147 Å². The number of nitrogens with zero attached hydrogens (tertiary/aromatic N) is 2. The zero-order valence-corrected chi connectivity index (χ0v) is 13.4. The van der Waals surface area contributed by atoms with E-state index in [-0.39, 0.29) is 0 Å². The number of nitrogens with one attached hydrogen (secondary N) is 1. The molecule has 2 rings (SSSR count). The SMILES string of the molecule is O=C(O)C(F)(F)F.O=C(O)C(F)(F)F.OC1(c2cncnc2)CCNCC1. The lowest BCUT2D eigenvalue weighted by Crippen LogP contribution is -2.39. The highest BCUT2D eigenvalue weighted by Crippen LogP contribution is 2.28. The van der Waals surface area contributed by atoms with Crippen LogP contribution in [0, 0.1) is 0 Å². The second-order valence-electron chi connectivity index (χ2n) is 5.01. The van der Waals surface area contributed by atoms with Gasteiger partial charge >= 0.3 is 24.3 Å². The van der Waals surface area contributed by atoms with Crippen LogP contribution in [0.5, 0.6) is 0 Å². The van der Waals surface area contributed by atoms with Crippen LogP contribution in [-0.2, 0) is 15.2 Å². The zero-order valence-electron chi connectivity index (χ0n) is 13.4. The molecule has 0 atom stereocenters. The monoisotopic (exact) mass is 407 g/mol. The molecule has 154 valence electrons. The van der Waals surface area contributed by atoms with Gasteiger partial charge in [-0.3, -0.25) is 0 Å². The molecule has 1 saturated heterocycles. The van der Waals surface area contributed by atoms with E-state index in [2.05, 4.69) is 15.3 Å². The minimum Gasteiger partial charge on any atom is -0.475 e.